The summed E-state index contributed by atoms with van der Waals surface area (Å²) in [7, 11) is 0. The fourth-order valence-corrected chi connectivity index (χ4v) is 5.28. The molecule has 0 atom stereocenters. The van der Waals surface area contributed by atoms with Crippen LogP contribution < -0.4 is 0 Å². The number of amides is 2. The Kier molecular flexibility index (Phi) is 7.17. The van der Waals surface area contributed by atoms with Crippen molar-refractivity contribution in [3.05, 3.63) is 53.2 Å². The van der Waals surface area contributed by atoms with Gasteiger partial charge in [-0.15, -0.1) is 11.3 Å². The van der Waals surface area contributed by atoms with Gasteiger partial charge < -0.3 is 9.80 Å². The van der Waals surface area contributed by atoms with Crippen LogP contribution in [0.4, 0.5) is 4.39 Å². The molecule has 164 valence electrons. The van der Waals surface area contributed by atoms with Crippen molar-refractivity contribution in [1.82, 2.24) is 9.80 Å². The molecular formula is C25H29FN2O2S. The zero-order valence-electron chi connectivity index (χ0n) is 17.8. The van der Waals surface area contributed by atoms with Crippen LogP contribution in [0.25, 0.3) is 16.5 Å². The van der Waals surface area contributed by atoms with Crippen molar-refractivity contribution >= 4 is 29.2 Å². The van der Waals surface area contributed by atoms with E-state index in [2.05, 4.69) is 0 Å². The molecule has 0 bridgehead atoms. The highest BCUT2D eigenvalue weighted by molar-refractivity contribution is 7.16. The minimum Gasteiger partial charge on any atom is -0.342 e. The van der Waals surface area contributed by atoms with Crippen LogP contribution in [0.1, 0.15) is 43.4 Å². The second-order valence-electron chi connectivity index (χ2n) is 8.38. The summed E-state index contributed by atoms with van der Waals surface area (Å²) in [5.41, 5.74) is 0.966. The number of thiophene rings is 1. The van der Waals surface area contributed by atoms with Crippen LogP contribution in [0.3, 0.4) is 0 Å². The Hall–Kier alpha value is -2.47. The van der Waals surface area contributed by atoms with E-state index >= 15 is 0 Å². The molecule has 3 heterocycles. The average molecular weight is 441 g/mol. The van der Waals surface area contributed by atoms with E-state index in [1.807, 2.05) is 28.0 Å². The first-order chi connectivity index (χ1) is 15.1. The summed E-state index contributed by atoms with van der Waals surface area (Å²) in [5.74, 6) is 0.0958. The summed E-state index contributed by atoms with van der Waals surface area (Å²) >= 11 is 1.57. The Bertz CT molecular complexity index is 921. The molecule has 2 amide bonds. The van der Waals surface area contributed by atoms with Crippen molar-refractivity contribution in [2.24, 2.45) is 5.92 Å². The molecule has 2 aromatic rings. The molecule has 31 heavy (non-hydrogen) atoms. The highest BCUT2D eigenvalue weighted by atomic mass is 32.1. The van der Waals surface area contributed by atoms with Crippen molar-refractivity contribution in [2.75, 3.05) is 26.2 Å². The van der Waals surface area contributed by atoms with Gasteiger partial charge in [-0.1, -0.05) is 25.0 Å². The van der Waals surface area contributed by atoms with E-state index in [-0.39, 0.29) is 23.5 Å². The van der Waals surface area contributed by atoms with E-state index in [1.165, 1.54) is 25.0 Å². The Morgan fingerprint density at radius 2 is 1.55 bits per heavy atom. The number of hydrogen-bond acceptors (Lipinski definition) is 3. The van der Waals surface area contributed by atoms with Crippen molar-refractivity contribution in [3.8, 4) is 10.4 Å². The van der Waals surface area contributed by atoms with Gasteiger partial charge in [-0.3, -0.25) is 9.59 Å². The molecule has 0 radical (unpaired) electrons. The predicted octanol–water partition coefficient (Wildman–Crippen LogP) is 5.21. The minimum atomic E-state index is -0.247. The lowest BCUT2D eigenvalue weighted by atomic mass is 9.95. The van der Waals surface area contributed by atoms with Gasteiger partial charge in [-0.2, -0.15) is 0 Å². The smallest absolute Gasteiger partial charge is 0.246 e. The third-order valence-corrected chi connectivity index (χ3v) is 7.32. The normalized spacial score (nSPS) is 18.4. The van der Waals surface area contributed by atoms with Gasteiger partial charge in [0.25, 0.3) is 0 Å². The van der Waals surface area contributed by atoms with Gasteiger partial charge in [0.1, 0.15) is 5.82 Å². The minimum absolute atomic E-state index is 0.00240. The van der Waals surface area contributed by atoms with Gasteiger partial charge in [0.15, 0.2) is 0 Å². The first-order valence-corrected chi connectivity index (χ1v) is 12.0. The number of benzene rings is 1. The van der Waals surface area contributed by atoms with Crippen molar-refractivity contribution in [2.45, 2.75) is 38.5 Å². The summed E-state index contributed by atoms with van der Waals surface area (Å²) in [6.45, 7) is 3.06. The van der Waals surface area contributed by atoms with E-state index in [0.29, 0.717) is 13.1 Å². The fraction of sp³-hybridized carbons (Fsp3) is 0.440. The van der Waals surface area contributed by atoms with E-state index in [1.54, 1.807) is 29.5 Å². The summed E-state index contributed by atoms with van der Waals surface area (Å²) in [6, 6.07) is 10.4. The topological polar surface area (TPSA) is 40.6 Å². The molecule has 2 saturated heterocycles. The fourth-order valence-electron chi connectivity index (χ4n) is 4.37. The highest BCUT2D eigenvalue weighted by Gasteiger charge is 2.29. The Labute approximate surface area is 187 Å². The van der Waals surface area contributed by atoms with Crippen molar-refractivity contribution < 1.29 is 14.0 Å². The zero-order valence-corrected chi connectivity index (χ0v) is 18.6. The quantitative estimate of drug-likeness (QED) is 0.613. The molecule has 2 fully saturated rings. The maximum atomic E-state index is 13.1. The zero-order chi connectivity index (χ0) is 21.6. The second kappa shape index (κ2) is 10.2. The number of nitrogens with zero attached hydrogens (tertiary/aromatic N) is 2. The van der Waals surface area contributed by atoms with E-state index in [9.17, 15) is 14.0 Å². The Balaban J connectivity index is 1.28. The SMILES string of the molecule is O=C(/C=C/c1ccc(-c2ccc(F)cc2)s1)N1CCC(C(=O)N2CCCCCC2)CC1. The summed E-state index contributed by atoms with van der Waals surface area (Å²) in [4.78, 5) is 31.4. The lowest BCUT2D eigenvalue weighted by molar-refractivity contribution is -0.139. The number of rotatable bonds is 4. The molecule has 0 saturated carbocycles. The van der Waals surface area contributed by atoms with Gasteiger partial charge in [0.2, 0.25) is 11.8 Å². The first-order valence-electron chi connectivity index (χ1n) is 11.2. The molecule has 0 N–H and O–H groups in total. The molecule has 2 aliphatic heterocycles. The number of likely N-dealkylation sites (tertiary alicyclic amines) is 2. The van der Waals surface area contributed by atoms with E-state index in [4.69, 9.17) is 0 Å². The third kappa shape index (κ3) is 5.62. The van der Waals surface area contributed by atoms with Gasteiger partial charge in [0.05, 0.1) is 0 Å². The van der Waals surface area contributed by atoms with Gasteiger partial charge in [0, 0.05) is 47.9 Å². The average Bonchev–Trinajstić information content (AvgIpc) is 3.10. The van der Waals surface area contributed by atoms with Crippen LogP contribution in [0, 0.1) is 11.7 Å². The van der Waals surface area contributed by atoms with Crippen molar-refractivity contribution in [1.29, 1.82) is 0 Å². The first kappa shape index (κ1) is 21.8. The number of piperidine rings is 1. The molecule has 0 aliphatic carbocycles. The molecule has 2 aliphatic rings. The van der Waals surface area contributed by atoms with E-state index in [0.717, 1.165) is 54.1 Å². The molecule has 4 nitrogen and oxygen atoms in total. The Morgan fingerprint density at radius 3 is 2.23 bits per heavy atom. The monoisotopic (exact) mass is 440 g/mol. The van der Waals surface area contributed by atoms with Crippen molar-refractivity contribution in [3.63, 3.8) is 0 Å². The summed E-state index contributed by atoms with van der Waals surface area (Å²) in [6.07, 6.45) is 9.63. The predicted molar refractivity (Wildman–Crippen MR) is 123 cm³/mol. The maximum Gasteiger partial charge on any atom is 0.246 e. The number of carbonyl (C=O) groups excluding carboxylic acids is 2. The molecule has 1 aromatic carbocycles. The van der Waals surface area contributed by atoms with Crippen LogP contribution in [0.2, 0.25) is 0 Å². The van der Waals surface area contributed by atoms with Crippen LogP contribution in [0.5, 0.6) is 0 Å². The molecule has 1 aromatic heterocycles. The second-order valence-corrected chi connectivity index (χ2v) is 9.50. The largest absolute Gasteiger partial charge is 0.342 e. The molecule has 6 heteroatoms. The summed E-state index contributed by atoms with van der Waals surface area (Å²) in [5, 5.41) is 0. The van der Waals surface area contributed by atoms with E-state index < -0.39 is 0 Å². The van der Waals surface area contributed by atoms with Crippen LogP contribution in [-0.2, 0) is 9.59 Å². The standard InChI is InChI=1S/C25H29FN2O2S/c26-21-7-5-19(6-8-21)23-11-9-22(31-23)10-12-24(29)27-17-13-20(14-18-27)25(30)28-15-3-1-2-4-16-28/h5-12,20H,1-4,13-18H2/b12-10+. The number of hydrogen-bond donors (Lipinski definition) is 0. The molecule has 0 unspecified atom stereocenters. The summed E-state index contributed by atoms with van der Waals surface area (Å²) < 4.78 is 13.1. The Morgan fingerprint density at radius 1 is 0.871 bits per heavy atom. The lowest BCUT2D eigenvalue weighted by Crippen LogP contribution is -2.44. The highest BCUT2D eigenvalue weighted by Crippen LogP contribution is 2.29. The lowest BCUT2D eigenvalue weighted by Gasteiger charge is -2.33. The molecular weight excluding hydrogens is 411 g/mol. The number of carbonyl (C=O) groups is 2. The molecule has 4 rings (SSSR count). The van der Waals surface area contributed by atoms with Gasteiger partial charge >= 0.3 is 0 Å². The van der Waals surface area contributed by atoms with Crippen LogP contribution in [0.15, 0.2) is 42.5 Å². The van der Waals surface area contributed by atoms with Gasteiger partial charge in [-0.05, 0) is 61.6 Å². The van der Waals surface area contributed by atoms with Gasteiger partial charge in [-0.25, -0.2) is 4.39 Å². The third-order valence-electron chi connectivity index (χ3n) is 6.22. The number of halogens is 1. The van der Waals surface area contributed by atoms with Crippen LogP contribution >= 0.6 is 11.3 Å². The molecule has 0 spiro atoms. The maximum absolute atomic E-state index is 13.1. The van der Waals surface area contributed by atoms with Crippen LogP contribution in [-0.4, -0.2) is 47.8 Å².